The van der Waals surface area contributed by atoms with Gasteiger partial charge in [-0.25, -0.2) is 8.42 Å². The number of sulfonamides is 1. The largest absolute Gasteiger partial charge is 0.480 e. The van der Waals surface area contributed by atoms with Crippen LogP contribution in [0, 0.1) is 0 Å². The Morgan fingerprint density at radius 1 is 0.957 bits per heavy atom. The third-order valence-electron chi connectivity index (χ3n) is 2.44. The molecule has 0 heterocycles. The minimum atomic E-state index is -7.39. The predicted octanol–water partition coefficient (Wildman–Crippen LogP) is 2.15. The van der Waals surface area contributed by atoms with Gasteiger partial charge in [0.15, 0.2) is 0 Å². The second-order valence-electron chi connectivity index (χ2n) is 3.99. The van der Waals surface area contributed by atoms with E-state index in [0.29, 0.717) is 6.92 Å². The lowest BCUT2D eigenvalue weighted by Gasteiger charge is -2.35. The van der Waals surface area contributed by atoms with Crippen LogP contribution in [0.3, 0.4) is 0 Å². The van der Waals surface area contributed by atoms with Gasteiger partial charge in [-0.05, 0) is 0 Å². The summed E-state index contributed by atoms with van der Waals surface area (Å²) in [5, 5.41) is 1.34. The maximum absolute atomic E-state index is 13.3. The Labute approximate surface area is 122 Å². The zero-order chi connectivity index (χ0) is 19.1. The standard InChI is InChI=1S/C8H8F9NO4S/c1-2-18(3-4(19)20)23(21,22)8(16,17)6(11,12)5(9,10)7(13,14)15/h2-3H2,1H3,(H,19,20). The lowest BCUT2D eigenvalue weighted by molar-refractivity contribution is -0.382. The monoisotopic (exact) mass is 385 g/mol. The summed E-state index contributed by atoms with van der Waals surface area (Å²) in [4.78, 5) is 10.3. The van der Waals surface area contributed by atoms with Gasteiger partial charge in [-0.15, -0.1) is 0 Å². The van der Waals surface area contributed by atoms with E-state index in [0.717, 1.165) is 0 Å². The summed E-state index contributed by atoms with van der Waals surface area (Å²) in [5.41, 5.74) is 0. The Kier molecular flexibility index (Phi) is 5.67. The van der Waals surface area contributed by atoms with Crippen LogP contribution in [-0.4, -0.2) is 60.2 Å². The normalized spacial score (nSPS) is 15.1. The number of carboxylic acid groups (broad SMARTS) is 1. The average molecular weight is 385 g/mol. The highest BCUT2D eigenvalue weighted by atomic mass is 32.2. The number of halogens is 9. The number of carbonyl (C=O) groups is 1. The van der Waals surface area contributed by atoms with Crippen molar-refractivity contribution in [3.05, 3.63) is 0 Å². The highest BCUT2D eigenvalue weighted by Gasteiger charge is 2.85. The smallest absolute Gasteiger partial charge is 0.460 e. The van der Waals surface area contributed by atoms with Gasteiger partial charge in [0.05, 0.1) is 0 Å². The molecule has 23 heavy (non-hydrogen) atoms. The zero-order valence-electron chi connectivity index (χ0n) is 10.8. The highest BCUT2D eigenvalue weighted by Crippen LogP contribution is 2.55. The van der Waals surface area contributed by atoms with E-state index in [1.165, 1.54) is 0 Å². The molecule has 0 unspecified atom stereocenters. The molecule has 0 saturated carbocycles. The minimum absolute atomic E-state index is 0.677. The second kappa shape index (κ2) is 5.99. The van der Waals surface area contributed by atoms with Crippen LogP contribution in [0.4, 0.5) is 39.5 Å². The molecule has 0 aliphatic heterocycles. The molecule has 15 heteroatoms. The number of aliphatic carboxylic acids is 1. The van der Waals surface area contributed by atoms with E-state index in [2.05, 4.69) is 0 Å². The van der Waals surface area contributed by atoms with Crippen molar-refractivity contribution < 1.29 is 57.8 Å². The lowest BCUT2D eigenvalue weighted by atomic mass is 10.1. The van der Waals surface area contributed by atoms with Crippen LogP contribution in [-0.2, 0) is 14.8 Å². The molecule has 138 valence electrons. The summed E-state index contributed by atoms with van der Waals surface area (Å²) in [6.45, 7) is -2.36. The van der Waals surface area contributed by atoms with Gasteiger partial charge in [0, 0.05) is 6.54 Å². The van der Waals surface area contributed by atoms with E-state index < -0.39 is 56.7 Å². The fourth-order valence-corrected chi connectivity index (χ4v) is 2.60. The van der Waals surface area contributed by atoms with Crippen LogP contribution in [0.5, 0.6) is 0 Å². The average Bonchev–Trinajstić information content (AvgIpc) is 2.33. The molecule has 0 aliphatic rings. The quantitative estimate of drug-likeness (QED) is 0.682. The van der Waals surface area contributed by atoms with Crippen LogP contribution in [0.2, 0.25) is 0 Å². The molecule has 0 amide bonds. The molecule has 0 rings (SSSR count). The van der Waals surface area contributed by atoms with Gasteiger partial charge in [0.25, 0.3) is 10.0 Å². The first-order chi connectivity index (χ1) is 9.88. The van der Waals surface area contributed by atoms with Crippen molar-refractivity contribution in [1.29, 1.82) is 0 Å². The second-order valence-corrected chi connectivity index (χ2v) is 5.97. The first-order valence-corrected chi connectivity index (χ1v) is 6.73. The van der Waals surface area contributed by atoms with Crippen molar-refractivity contribution in [1.82, 2.24) is 4.31 Å². The number of rotatable bonds is 7. The molecule has 0 bridgehead atoms. The molecular weight excluding hydrogens is 377 g/mol. The van der Waals surface area contributed by atoms with Crippen molar-refractivity contribution in [2.45, 2.75) is 30.2 Å². The third kappa shape index (κ3) is 3.34. The van der Waals surface area contributed by atoms with Gasteiger partial charge in [-0.2, -0.15) is 43.8 Å². The number of nitrogens with zero attached hydrogens (tertiary/aromatic N) is 1. The predicted molar refractivity (Wildman–Crippen MR) is 54.7 cm³/mol. The molecule has 0 aromatic rings. The van der Waals surface area contributed by atoms with E-state index in [9.17, 15) is 52.7 Å². The van der Waals surface area contributed by atoms with Crippen LogP contribution in [0.25, 0.3) is 0 Å². The van der Waals surface area contributed by atoms with Gasteiger partial charge in [0.2, 0.25) is 0 Å². The van der Waals surface area contributed by atoms with E-state index >= 15 is 0 Å². The van der Waals surface area contributed by atoms with Crippen LogP contribution < -0.4 is 0 Å². The Balaban J connectivity index is 6.18. The molecule has 0 atom stereocenters. The SMILES string of the molecule is CCN(CC(=O)O)S(=O)(=O)C(F)(F)C(F)(F)C(F)(F)C(F)(F)F. The molecule has 0 spiro atoms. The van der Waals surface area contributed by atoms with E-state index in [1.54, 1.807) is 0 Å². The third-order valence-corrected chi connectivity index (χ3v) is 4.42. The van der Waals surface area contributed by atoms with Gasteiger partial charge in [-0.1, -0.05) is 6.92 Å². The highest BCUT2D eigenvalue weighted by molar-refractivity contribution is 7.90. The molecule has 0 aliphatic carbocycles. The number of likely N-dealkylation sites (N-methyl/N-ethyl adjacent to an activating group) is 1. The van der Waals surface area contributed by atoms with E-state index in [1.807, 2.05) is 0 Å². The van der Waals surface area contributed by atoms with Crippen molar-refractivity contribution in [2.75, 3.05) is 13.1 Å². The Hall–Kier alpha value is -1.25. The van der Waals surface area contributed by atoms with Crippen molar-refractivity contribution in [2.24, 2.45) is 0 Å². The van der Waals surface area contributed by atoms with Gasteiger partial charge in [0.1, 0.15) is 6.54 Å². The Morgan fingerprint density at radius 2 is 1.35 bits per heavy atom. The van der Waals surface area contributed by atoms with Crippen molar-refractivity contribution >= 4 is 16.0 Å². The number of alkyl halides is 9. The summed E-state index contributed by atoms with van der Waals surface area (Å²) in [6.07, 6.45) is -7.18. The molecule has 0 saturated heterocycles. The Bertz CT molecular complexity index is 556. The summed E-state index contributed by atoms with van der Waals surface area (Å²) < 4.78 is 135. The van der Waals surface area contributed by atoms with Crippen molar-refractivity contribution in [3.63, 3.8) is 0 Å². The van der Waals surface area contributed by atoms with Gasteiger partial charge < -0.3 is 5.11 Å². The van der Waals surface area contributed by atoms with Crippen molar-refractivity contribution in [3.8, 4) is 0 Å². The summed E-state index contributed by atoms with van der Waals surface area (Å²) in [7, 11) is -6.86. The minimum Gasteiger partial charge on any atom is -0.480 e. The summed E-state index contributed by atoms with van der Waals surface area (Å²) in [6, 6.07) is 0. The van der Waals surface area contributed by atoms with E-state index in [4.69, 9.17) is 5.11 Å². The van der Waals surface area contributed by atoms with Gasteiger partial charge >= 0.3 is 29.2 Å². The lowest BCUT2D eigenvalue weighted by Crippen LogP contribution is -2.65. The molecule has 0 fully saturated rings. The number of hydrogen-bond acceptors (Lipinski definition) is 3. The number of carboxylic acids is 1. The first-order valence-electron chi connectivity index (χ1n) is 5.29. The van der Waals surface area contributed by atoms with Gasteiger partial charge in [-0.3, -0.25) is 4.79 Å². The molecule has 0 radical (unpaired) electrons. The maximum Gasteiger partial charge on any atom is 0.460 e. The fraction of sp³-hybridized carbons (Fsp3) is 0.875. The molecule has 1 N–H and O–H groups in total. The molecule has 0 aromatic carbocycles. The molecule has 5 nitrogen and oxygen atoms in total. The van der Waals surface area contributed by atoms with Crippen LogP contribution in [0.15, 0.2) is 0 Å². The van der Waals surface area contributed by atoms with E-state index in [-0.39, 0.29) is 0 Å². The number of hydrogen-bond donors (Lipinski definition) is 1. The zero-order valence-corrected chi connectivity index (χ0v) is 11.7. The first kappa shape index (κ1) is 21.8. The molecular formula is C8H8F9NO4S. The topological polar surface area (TPSA) is 74.7 Å². The molecule has 0 aromatic heterocycles. The van der Waals surface area contributed by atoms with Crippen LogP contribution >= 0.6 is 0 Å². The summed E-state index contributed by atoms with van der Waals surface area (Å²) in [5.74, 6) is -16.9. The van der Waals surface area contributed by atoms with Crippen LogP contribution in [0.1, 0.15) is 6.92 Å². The maximum atomic E-state index is 13.3. The Morgan fingerprint density at radius 3 is 1.61 bits per heavy atom. The fourth-order valence-electron chi connectivity index (χ4n) is 1.20. The summed E-state index contributed by atoms with van der Waals surface area (Å²) >= 11 is 0.